The summed E-state index contributed by atoms with van der Waals surface area (Å²) in [5.74, 6) is 0. The first-order valence-corrected chi connectivity index (χ1v) is 6.77. The highest BCUT2D eigenvalue weighted by Gasteiger charge is 2.13. The van der Waals surface area contributed by atoms with Crippen LogP contribution in [0.15, 0.2) is 0 Å². The number of ether oxygens (including phenoxy) is 1. The van der Waals surface area contributed by atoms with Gasteiger partial charge in [0.25, 0.3) is 0 Å². The largest absolute Gasteiger partial charge is 0.383 e. The van der Waals surface area contributed by atoms with Crippen molar-refractivity contribution in [2.75, 3.05) is 46.9 Å². The number of hydrogen-bond donors (Lipinski definition) is 1. The molecule has 1 aliphatic rings. The lowest BCUT2D eigenvalue weighted by molar-refractivity contribution is 0.178. The van der Waals surface area contributed by atoms with E-state index >= 15 is 0 Å². The van der Waals surface area contributed by atoms with Crippen LogP contribution in [0.4, 0.5) is 0 Å². The molecule has 1 N–H and O–H groups in total. The molecule has 0 bridgehead atoms. The summed E-state index contributed by atoms with van der Waals surface area (Å²) >= 11 is 5.35. The van der Waals surface area contributed by atoms with E-state index in [1.807, 2.05) is 7.05 Å². The second-order valence-corrected chi connectivity index (χ2v) is 5.16. The van der Waals surface area contributed by atoms with Crippen molar-refractivity contribution in [3.05, 3.63) is 0 Å². The molecule has 100 valence electrons. The van der Waals surface area contributed by atoms with Crippen molar-refractivity contribution in [1.82, 2.24) is 15.1 Å². The van der Waals surface area contributed by atoms with E-state index in [4.69, 9.17) is 17.0 Å². The van der Waals surface area contributed by atoms with Crippen molar-refractivity contribution in [2.45, 2.75) is 25.8 Å². The molecule has 0 radical (unpaired) electrons. The molecule has 1 aliphatic heterocycles. The number of methoxy groups -OCH3 is 1. The fourth-order valence-electron chi connectivity index (χ4n) is 2.01. The SMILES string of the molecule is COCC(C)NC(=S)N(C)CCN1CCCC1. The summed E-state index contributed by atoms with van der Waals surface area (Å²) in [6, 6.07) is 0.265. The summed E-state index contributed by atoms with van der Waals surface area (Å²) in [5.41, 5.74) is 0. The maximum Gasteiger partial charge on any atom is 0.169 e. The number of nitrogens with zero attached hydrogens (tertiary/aromatic N) is 2. The van der Waals surface area contributed by atoms with Gasteiger partial charge in [-0.25, -0.2) is 0 Å². The Labute approximate surface area is 110 Å². The predicted molar refractivity (Wildman–Crippen MR) is 75.4 cm³/mol. The van der Waals surface area contributed by atoms with E-state index in [2.05, 4.69) is 22.0 Å². The molecule has 1 rings (SSSR count). The Morgan fingerprint density at radius 2 is 2.12 bits per heavy atom. The van der Waals surface area contributed by atoms with Gasteiger partial charge in [-0.15, -0.1) is 0 Å². The molecule has 0 saturated carbocycles. The van der Waals surface area contributed by atoms with Gasteiger partial charge < -0.3 is 19.9 Å². The quantitative estimate of drug-likeness (QED) is 0.716. The standard InChI is InChI=1S/C12H25N3OS/c1-11(10-16-3)13-12(17)14(2)8-9-15-6-4-5-7-15/h11H,4-10H2,1-3H3,(H,13,17). The Kier molecular flexibility index (Phi) is 6.77. The Bertz CT molecular complexity index is 232. The van der Waals surface area contributed by atoms with Gasteiger partial charge in [-0.1, -0.05) is 0 Å². The van der Waals surface area contributed by atoms with Crippen LogP contribution in [0.25, 0.3) is 0 Å². The maximum atomic E-state index is 5.35. The second kappa shape index (κ2) is 7.84. The van der Waals surface area contributed by atoms with Crippen LogP contribution in [-0.2, 0) is 4.74 Å². The van der Waals surface area contributed by atoms with Gasteiger partial charge in [-0.3, -0.25) is 0 Å². The first kappa shape index (κ1) is 14.7. The zero-order chi connectivity index (χ0) is 12.7. The van der Waals surface area contributed by atoms with Crippen molar-refractivity contribution in [3.63, 3.8) is 0 Å². The Morgan fingerprint density at radius 1 is 1.47 bits per heavy atom. The van der Waals surface area contributed by atoms with Crippen LogP contribution in [0.3, 0.4) is 0 Å². The smallest absolute Gasteiger partial charge is 0.169 e. The minimum atomic E-state index is 0.265. The lowest BCUT2D eigenvalue weighted by Crippen LogP contribution is -2.45. The van der Waals surface area contributed by atoms with E-state index in [0.29, 0.717) is 6.61 Å². The third-order valence-corrected chi connectivity index (χ3v) is 3.51. The molecule has 1 saturated heterocycles. The molecule has 0 spiro atoms. The van der Waals surface area contributed by atoms with Crippen molar-refractivity contribution in [1.29, 1.82) is 0 Å². The van der Waals surface area contributed by atoms with Crippen molar-refractivity contribution < 1.29 is 4.74 Å². The minimum Gasteiger partial charge on any atom is -0.383 e. The first-order chi connectivity index (χ1) is 8.13. The van der Waals surface area contributed by atoms with Crippen LogP contribution in [0, 0.1) is 0 Å². The number of likely N-dealkylation sites (N-methyl/N-ethyl adjacent to an activating group) is 1. The summed E-state index contributed by atoms with van der Waals surface area (Å²) in [6.45, 7) is 7.34. The van der Waals surface area contributed by atoms with Gasteiger partial charge in [0, 0.05) is 33.3 Å². The summed E-state index contributed by atoms with van der Waals surface area (Å²) < 4.78 is 5.08. The summed E-state index contributed by atoms with van der Waals surface area (Å²) in [5, 5.41) is 4.08. The van der Waals surface area contributed by atoms with E-state index in [9.17, 15) is 0 Å². The van der Waals surface area contributed by atoms with Gasteiger partial charge >= 0.3 is 0 Å². The zero-order valence-electron chi connectivity index (χ0n) is 11.2. The third-order valence-electron chi connectivity index (χ3n) is 3.08. The van der Waals surface area contributed by atoms with Gasteiger partial charge in [0.15, 0.2) is 5.11 Å². The number of likely N-dealkylation sites (tertiary alicyclic amines) is 1. The van der Waals surface area contributed by atoms with Gasteiger partial charge in [0.1, 0.15) is 0 Å². The molecule has 5 heteroatoms. The lowest BCUT2D eigenvalue weighted by atomic mass is 10.4. The van der Waals surface area contributed by atoms with Crippen molar-refractivity contribution >= 4 is 17.3 Å². The highest BCUT2D eigenvalue weighted by Crippen LogP contribution is 2.06. The van der Waals surface area contributed by atoms with Crippen LogP contribution >= 0.6 is 12.2 Å². The highest BCUT2D eigenvalue weighted by molar-refractivity contribution is 7.80. The predicted octanol–water partition coefficient (Wildman–Crippen LogP) is 0.923. The summed E-state index contributed by atoms with van der Waals surface area (Å²) in [4.78, 5) is 4.61. The topological polar surface area (TPSA) is 27.7 Å². The average molecular weight is 259 g/mol. The van der Waals surface area contributed by atoms with E-state index in [1.54, 1.807) is 7.11 Å². The lowest BCUT2D eigenvalue weighted by Gasteiger charge is -2.26. The van der Waals surface area contributed by atoms with E-state index < -0.39 is 0 Å². The van der Waals surface area contributed by atoms with Crippen LogP contribution in [0.5, 0.6) is 0 Å². The molecule has 17 heavy (non-hydrogen) atoms. The fraction of sp³-hybridized carbons (Fsp3) is 0.917. The molecule has 1 heterocycles. The van der Waals surface area contributed by atoms with Crippen LogP contribution in [0.1, 0.15) is 19.8 Å². The van der Waals surface area contributed by atoms with Crippen molar-refractivity contribution in [2.24, 2.45) is 0 Å². The number of rotatable bonds is 6. The first-order valence-electron chi connectivity index (χ1n) is 6.36. The van der Waals surface area contributed by atoms with Gasteiger partial charge in [-0.05, 0) is 45.1 Å². The van der Waals surface area contributed by atoms with Crippen LogP contribution in [0.2, 0.25) is 0 Å². The zero-order valence-corrected chi connectivity index (χ0v) is 12.1. The molecule has 0 aromatic heterocycles. The Hall–Kier alpha value is -0.390. The molecular formula is C12H25N3OS. The Morgan fingerprint density at radius 3 is 2.71 bits per heavy atom. The monoisotopic (exact) mass is 259 g/mol. The molecule has 1 unspecified atom stereocenters. The minimum absolute atomic E-state index is 0.265. The van der Waals surface area contributed by atoms with E-state index in [-0.39, 0.29) is 6.04 Å². The number of hydrogen-bond acceptors (Lipinski definition) is 3. The molecule has 1 fully saturated rings. The van der Waals surface area contributed by atoms with Gasteiger partial charge in [0.05, 0.1) is 6.61 Å². The average Bonchev–Trinajstić information content (AvgIpc) is 2.78. The molecule has 1 atom stereocenters. The molecule has 0 aliphatic carbocycles. The van der Waals surface area contributed by atoms with Crippen LogP contribution in [-0.4, -0.2) is 67.9 Å². The maximum absolute atomic E-state index is 5.35. The van der Waals surface area contributed by atoms with Gasteiger partial charge in [-0.2, -0.15) is 0 Å². The fourth-order valence-corrected chi connectivity index (χ4v) is 2.30. The number of nitrogens with one attached hydrogen (secondary N) is 1. The molecule has 0 amide bonds. The molecular weight excluding hydrogens is 234 g/mol. The highest BCUT2D eigenvalue weighted by atomic mass is 32.1. The third kappa shape index (κ3) is 5.66. The normalized spacial score (nSPS) is 18.1. The summed E-state index contributed by atoms with van der Waals surface area (Å²) in [6.07, 6.45) is 2.69. The molecule has 4 nitrogen and oxygen atoms in total. The second-order valence-electron chi connectivity index (χ2n) is 4.78. The van der Waals surface area contributed by atoms with E-state index in [1.165, 1.54) is 25.9 Å². The molecule has 0 aromatic carbocycles. The summed E-state index contributed by atoms with van der Waals surface area (Å²) in [7, 11) is 3.75. The van der Waals surface area contributed by atoms with Gasteiger partial charge in [0.2, 0.25) is 0 Å². The van der Waals surface area contributed by atoms with E-state index in [0.717, 1.165) is 18.2 Å². The number of thiocarbonyl (C=S) groups is 1. The Balaban J connectivity index is 2.16. The van der Waals surface area contributed by atoms with Crippen LogP contribution < -0.4 is 5.32 Å². The molecule has 0 aromatic rings. The van der Waals surface area contributed by atoms with Crippen molar-refractivity contribution in [3.8, 4) is 0 Å².